The van der Waals surface area contributed by atoms with Crippen LogP contribution < -0.4 is 0 Å². The van der Waals surface area contributed by atoms with Crippen LogP contribution in [0, 0.1) is 0 Å². The molecule has 222 valence electrons. The second-order valence-corrected chi connectivity index (χ2v) is 13.6. The first-order valence-corrected chi connectivity index (χ1v) is 17.6. The van der Waals surface area contributed by atoms with Crippen molar-refractivity contribution >= 4 is 15.2 Å². The molecule has 8 nitrogen and oxygen atoms in total. The van der Waals surface area contributed by atoms with Gasteiger partial charge >= 0.3 is 15.2 Å². The zero-order valence-corrected chi connectivity index (χ0v) is 26.4. The summed E-state index contributed by atoms with van der Waals surface area (Å²) in [6.07, 6.45) is 4.00. The van der Waals surface area contributed by atoms with E-state index in [0.29, 0.717) is 26.4 Å². The van der Waals surface area contributed by atoms with Gasteiger partial charge in [-0.2, -0.15) is 0 Å². The smallest absolute Gasteiger partial charge is 0.309 e. The van der Waals surface area contributed by atoms with Gasteiger partial charge in [-0.25, -0.2) is 0 Å². The Morgan fingerprint density at radius 2 is 0.833 bits per heavy atom. The molecule has 10 heteroatoms. The number of pyridine rings is 2. The maximum atomic E-state index is 12.9. The molecule has 0 aliphatic rings. The van der Waals surface area contributed by atoms with Crippen molar-refractivity contribution in [3.8, 4) is 33.6 Å². The van der Waals surface area contributed by atoms with E-state index in [1.807, 2.05) is 100 Å². The zero-order chi connectivity index (χ0) is 30.0. The molecule has 0 saturated carbocycles. The quantitative estimate of drug-likeness (QED) is 0.123. The normalized spacial score (nSPS) is 12.0. The Hall–Kier alpha value is -2.96. The van der Waals surface area contributed by atoms with E-state index in [1.165, 1.54) is 0 Å². The van der Waals surface area contributed by atoms with Gasteiger partial charge in [0.05, 0.1) is 50.1 Å². The highest BCUT2D eigenvalue weighted by Gasteiger charge is 2.25. The SMILES string of the molecule is CCOP(=O)(Cc1ccc(-c2ccnc(-c3cc(-c4ccc(CP(=O)(OCC)OCC)cc4)ccn3)c2)cc1)OCC. The number of aromatic nitrogens is 2. The van der Waals surface area contributed by atoms with Gasteiger partial charge in [0.1, 0.15) is 0 Å². The first kappa shape index (κ1) is 32.0. The van der Waals surface area contributed by atoms with Crippen LogP contribution in [0.5, 0.6) is 0 Å². The van der Waals surface area contributed by atoms with Crippen LogP contribution in [-0.4, -0.2) is 36.4 Å². The van der Waals surface area contributed by atoms with E-state index in [9.17, 15) is 9.13 Å². The molecule has 0 saturated heterocycles. The maximum absolute atomic E-state index is 12.9. The molecule has 42 heavy (non-hydrogen) atoms. The highest BCUT2D eigenvalue weighted by atomic mass is 31.2. The van der Waals surface area contributed by atoms with Crippen molar-refractivity contribution in [1.82, 2.24) is 9.97 Å². The summed E-state index contributed by atoms with van der Waals surface area (Å²) in [4.78, 5) is 9.15. The van der Waals surface area contributed by atoms with E-state index < -0.39 is 15.2 Å². The van der Waals surface area contributed by atoms with Crippen LogP contribution in [0.1, 0.15) is 38.8 Å². The van der Waals surface area contributed by atoms with E-state index in [1.54, 1.807) is 12.4 Å². The second-order valence-electron chi connectivity index (χ2n) is 9.46. The van der Waals surface area contributed by atoms with Gasteiger partial charge in [0.2, 0.25) is 0 Å². The Kier molecular flexibility index (Phi) is 11.4. The molecule has 2 aromatic carbocycles. The van der Waals surface area contributed by atoms with E-state index >= 15 is 0 Å². The van der Waals surface area contributed by atoms with Gasteiger partial charge in [-0.1, -0.05) is 48.5 Å². The molecule has 4 rings (SSSR count). The van der Waals surface area contributed by atoms with Crippen molar-refractivity contribution in [2.45, 2.75) is 40.0 Å². The van der Waals surface area contributed by atoms with Crippen LogP contribution in [-0.2, 0) is 39.5 Å². The lowest BCUT2D eigenvalue weighted by Crippen LogP contribution is -1.99. The summed E-state index contributed by atoms with van der Waals surface area (Å²) < 4.78 is 47.6. The van der Waals surface area contributed by atoms with Gasteiger partial charge in [0.25, 0.3) is 0 Å². The van der Waals surface area contributed by atoms with Crippen molar-refractivity contribution in [2.75, 3.05) is 26.4 Å². The fourth-order valence-corrected chi connectivity index (χ4v) is 8.00. The summed E-state index contributed by atoms with van der Waals surface area (Å²) in [7, 11) is -6.33. The van der Waals surface area contributed by atoms with Crippen LogP contribution in [0.3, 0.4) is 0 Å². The summed E-state index contributed by atoms with van der Waals surface area (Å²) in [5.41, 5.74) is 7.28. The predicted octanol–water partition coefficient (Wildman–Crippen LogP) is 9.01. The number of nitrogens with zero attached hydrogens (tertiary/aromatic N) is 2. The molecule has 0 bridgehead atoms. The average Bonchev–Trinajstić information content (AvgIpc) is 2.98. The number of hydrogen-bond donors (Lipinski definition) is 0. The van der Waals surface area contributed by atoms with Crippen LogP contribution in [0.2, 0.25) is 0 Å². The zero-order valence-electron chi connectivity index (χ0n) is 24.6. The topological polar surface area (TPSA) is 96.8 Å². The highest BCUT2D eigenvalue weighted by molar-refractivity contribution is 7.53. The fourth-order valence-electron chi connectivity index (χ4n) is 4.60. The van der Waals surface area contributed by atoms with Gasteiger partial charge in [0.15, 0.2) is 0 Å². The molecule has 0 aliphatic heterocycles. The highest BCUT2D eigenvalue weighted by Crippen LogP contribution is 2.52. The fraction of sp³-hybridized carbons (Fsp3) is 0.312. The van der Waals surface area contributed by atoms with Crippen LogP contribution in [0.15, 0.2) is 85.2 Å². The first-order chi connectivity index (χ1) is 20.3. The Morgan fingerprint density at radius 3 is 1.14 bits per heavy atom. The van der Waals surface area contributed by atoms with E-state index in [4.69, 9.17) is 18.1 Å². The van der Waals surface area contributed by atoms with Gasteiger partial charge in [-0.15, -0.1) is 0 Å². The lowest BCUT2D eigenvalue weighted by Gasteiger charge is -2.17. The van der Waals surface area contributed by atoms with Crippen LogP contribution in [0.25, 0.3) is 33.6 Å². The van der Waals surface area contributed by atoms with Crippen molar-refractivity contribution in [2.24, 2.45) is 0 Å². The molecular weight excluding hydrogens is 570 g/mol. The number of rotatable bonds is 15. The van der Waals surface area contributed by atoms with E-state index in [-0.39, 0.29) is 12.3 Å². The van der Waals surface area contributed by atoms with Crippen LogP contribution >= 0.6 is 15.2 Å². The maximum Gasteiger partial charge on any atom is 0.335 e. The first-order valence-electron chi connectivity index (χ1n) is 14.2. The minimum Gasteiger partial charge on any atom is -0.309 e. The van der Waals surface area contributed by atoms with Crippen LogP contribution in [0.4, 0.5) is 0 Å². The summed E-state index contributed by atoms with van der Waals surface area (Å²) in [5.74, 6) is 0. The molecule has 0 N–H and O–H groups in total. The lowest BCUT2D eigenvalue weighted by molar-refractivity contribution is 0.218. The van der Waals surface area contributed by atoms with Gasteiger partial charge in [-0.3, -0.25) is 19.1 Å². The third kappa shape index (κ3) is 8.54. The molecule has 0 spiro atoms. The van der Waals surface area contributed by atoms with Crippen molar-refractivity contribution in [1.29, 1.82) is 0 Å². The molecule has 0 atom stereocenters. The number of hydrogen-bond acceptors (Lipinski definition) is 8. The molecule has 0 aliphatic carbocycles. The lowest BCUT2D eigenvalue weighted by atomic mass is 10.0. The van der Waals surface area contributed by atoms with E-state index in [0.717, 1.165) is 44.8 Å². The summed E-state index contributed by atoms with van der Waals surface area (Å²) in [5, 5.41) is 0. The Morgan fingerprint density at radius 1 is 0.500 bits per heavy atom. The molecule has 4 aromatic rings. The standard InChI is InChI=1S/C32H38N2O6P2/c1-5-37-41(35,38-6-2)23-25-9-13-27(14-10-25)29-17-19-33-31(21-29)32-22-30(18-20-34-32)28-15-11-26(12-16-28)24-42(36,39-7-3)40-8-4/h9-22H,5-8,23-24H2,1-4H3. The van der Waals surface area contributed by atoms with Crippen molar-refractivity contribution in [3.05, 3.63) is 96.3 Å². The Balaban J connectivity index is 1.51. The molecule has 0 radical (unpaired) electrons. The van der Waals surface area contributed by atoms with Crippen molar-refractivity contribution in [3.63, 3.8) is 0 Å². The summed E-state index contributed by atoms with van der Waals surface area (Å²) in [6.45, 7) is 8.58. The summed E-state index contributed by atoms with van der Waals surface area (Å²) >= 11 is 0. The minimum absolute atomic E-state index is 0.229. The molecule has 2 aromatic heterocycles. The minimum atomic E-state index is -3.17. The van der Waals surface area contributed by atoms with Crippen molar-refractivity contribution < 1.29 is 27.2 Å². The molecule has 0 amide bonds. The van der Waals surface area contributed by atoms with Gasteiger partial charge in [-0.05, 0) is 85.3 Å². The molecule has 0 fully saturated rings. The molecule has 0 unspecified atom stereocenters. The van der Waals surface area contributed by atoms with E-state index in [2.05, 4.69) is 9.97 Å². The van der Waals surface area contributed by atoms with Gasteiger partial charge < -0.3 is 18.1 Å². The molecular formula is C32H38N2O6P2. The second kappa shape index (κ2) is 15.0. The monoisotopic (exact) mass is 608 g/mol. The van der Waals surface area contributed by atoms with Gasteiger partial charge in [0, 0.05) is 12.4 Å². The third-order valence-electron chi connectivity index (χ3n) is 6.41. The third-order valence-corrected chi connectivity index (χ3v) is 10.5. The average molecular weight is 609 g/mol. The Bertz CT molecular complexity index is 1410. The Labute approximate surface area is 248 Å². The predicted molar refractivity (Wildman–Crippen MR) is 167 cm³/mol. The largest absolute Gasteiger partial charge is 0.335 e. The molecule has 2 heterocycles. The summed E-state index contributed by atoms with van der Waals surface area (Å²) in [6, 6.07) is 23.7. The number of benzene rings is 2.